The quantitative estimate of drug-likeness (QED) is 0.424. The molecule has 1 unspecified atom stereocenters. The number of nitrogens with zero attached hydrogens (tertiary/aromatic N) is 4. The van der Waals surface area contributed by atoms with Crippen LogP contribution in [0.3, 0.4) is 0 Å². The van der Waals surface area contributed by atoms with Gasteiger partial charge < -0.3 is 8.94 Å². The van der Waals surface area contributed by atoms with Gasteiger partial charge in [0.2, 0.25) is 17.6 Å². The molecule has 4 rings (SSSR count). The summed E-state index contributed by atoms with van der Waals surface area (Å²) in [6.45, 7) is 1.95. The van der Waals surface area contributed by atoms with Gasteiger partial charge in [-0.2, -0.15) is 4.98 Å². The van der Waals surface area contributed by atoms with Crippen molar-refractivity contribution in [2.45, 2.75) is 17.4 Å². The maximum absolute atomic E-state index is 5.89. The van der Waals surface area contributed by atoms with E-state index in [-0.39, 0.29) is 5.25 Å². The third-order valence-corrected chi connectivity index (χ3v) is 5.35. The van der Waals surface area contributed by atoms with Crippen LogP contribution in [0, 0.1) is 0 Å². The highest BCUT2D eigenvalue weighted by molar-refractivity contribution is 7.99. The summed E-state index contributed by atoms with van der Waals surface area (Å²) >= 11 is 8.82. The first kappa shape index (κ1) is 16.3. The van der Waals surface area contributed by atoms with E-state index in [9.17, 15) is 0 Å². The van der Waals surface area contributed by atoms with Crippen LogP contribution in [0.2, 0.25) is 5.02 Å². The molecule has 0 spiro atoms. The molecule has 0 saturated heterocycles. The second-order valence-corrected chi connectivity index (χ2v) is 7.75. The van der Waals surface area contributed by atoms with Crippen LogP contribution in [0.4, 0.5) is 0 Å². The van der Waals surface area contributed by atoms with E-state index in [2.05, 4.69) is 20.3 Å². The second-order valence-electron chi connectivity index (χ2n) is 5.07. The second kappa shape index (κ2) is 6.99. The largest absolute Gasteiger partial charge is 0.411 e. The van der Waals surface area contributed by atoms with Gasteiger partial charge in [0.05, 0.1) is 10.1 Å². The van der Waals surface area contributed by atoms with E-state index < -0.39 is 0 Å². The van der Waals surface area contributed by atoms with Crippen molar-refractivity contribution in [3.05, 3.63) is 52.7 Å². The number of hydrogen-bond acceptors (Lipinski definition) is 8. The molecule has 3 aromatic heterocycles. The number of benzene rings is 1. The first-order valence-electron chi connectivity index (χ1n) is 7.32. The van der Waals surface area contributed by atoms with Crippen molar-refractivity contribution in [3.63, 3.8) is 0 Å². The molecule has 0 saturated carbocycles. The van der Waals surface area contributed by atoms with Gasteiger partial charge in [0, 0.05) is 10.6 Å². The molecule has 3 heterocycles. The number of thioether (sulfide) groups is 1. The van der Waals surface area contributed by atoms with Crippen LogP contribution >= 0.6 is 34.7 Å². The van der Waals surface area contributed by atoms with E-state index in [0.717, 1.165) is 10.4 Å². The summed E-state index contributed by atoms with van der Waals surface area (Å²) in [4.78, 5) is 5.40. The Morgan fingerprint density at radius 3 is 2.76 bits per heavy atom. The van der Waals surface area contributed by atoms with Crippen molar-refractivity contribution >= 4 is 34.7 Å². The first-order valence-corrected chi connectivity index (χ1v) is 9.46. The van der Waals surface area contributed by atoms with Crippen molar-refractivity contribution in [1.29, 1.82) is 0 Å². The average molecular weight is 391 g/mol. The van der Waals surface area contributed by atoms with E-state index in [1.54, 1.807) is 23.5 Å². The molecular formula is C16H11ClN4O2S2. The zero-order valence-corrected chi connectivity index (χ0v) is 15.3. The van der Waals surface area contributed by atoms with E-state index in [0.29, 0.717) is 27.9 Å². The fraction of sp³-hybridized carbons (Fsp3) is 0.125. The molecule has 25 heavy (non-hydrogen) atoms. The van der Waals surface area contributed by atoms with Gasteiger partial charge in [-0.25, -0.2) is 0 Å². The summed E-state index contributed by atoms with van der Waals surface area (Å²) in [5, 5.41) is 15.1. The van der Waals surface area contributed by atoms with Gasteiger partial charge in [-0.1, -0.05) is 34.6 Å². The minimum Gasteiger partial charge on any atom is -0.411 e. The molecule has 126 valence electrons. The highest BCUT2D eigenvalue weighted by atomic mass is 35.5. The Hall–Kier alpha value is -2.16. The molecule has 0 aliphatic rings. The summed E-state index contributed by atoms with van der Waals surface area (Å²) in [5.74, 6) is 1.54. The molecule has 0 bridgehead atoms. The van der Waals surface area contributed by atoms with Crippen LogP contribution in [-0.4, -0.2) is 20.3 Å². The first-order chi connectivity index (χ1) is 12.2. The van der Waals surface area contributed by atoms with Gasteiger partial charge in [0.15, 0.2) is 0 Å². The lowest BCUT2D eigenvalue weighted by Crippen LogP contribution is -1.88. The van der Waals surface area contributed by atoms with Gasteiger partial charge in [0.25, 0.3) is 5.22 Å². The monoisotopic (exact) mass is 390 g/mol. The van der Waals surface area contributed by atoms with Gasteiger partial charge in [-0.3, -0.25) is 0 Å². The Morgan fingerprint density at radius 1 is 1.16 bits per heavy atom. The minimum atomic E-state index is -0.111. The number of hydrogen-bond donors (Lipinski definition) is 0. The Kier molecular flexibility index (Phi) is 4.56. The molecule has 9 heteroatoms. The smallest absolute Gasteiger partial charge is 0.277 e. The predicted octanol–water partition coefficient (Wildman–Crippen LogP) is 5.35. The van der Waals surface area contributed by atoms with Crippen LogP contribution in [-0.2, 0) is 0 Å². The fourth-order valence-corrected chi connectivity index (χ4v) is 3.56. The highest BCUT2D eigenvalue weighted by Gasteiger charge is 2.20. The van der Waals surface area contributed by atoms with Gasteiger partial charge in [-0.15, -0.1) is 21.5 Å². The zero-order chi connectivity index (χ0) is 17.2. The summed E-state index contributed by atoms with van der Waals surface area (Å²) in [5.41, 5.74) is 0.814. The molecule has 1 atom stereocenters. The van der Waals surface area contributed by atoms with Crippen molar-refractivity contribution in [2.24, 2.45) is 0 Å². The maximum Gasteiger partial charge on any atom is 0.277 e. The highest BCUT2D eigenvalue weighted by Crippen LogP contribution is 2.35. The van der Waals surface area contributed by atoms with Crippen LogP contribution in [0.15, 0.2) is 55.9 Å². The van der Waals surface area contributed by atoms with E-state index in [4.69, 9.17) is 20.5 Å². The van der Waals surface area contributed by atoms with Crippen LogP contribution < -0.4 is 0 Å². The summed E-state index contributed by atoms with van der Waals surface area (Å²) in [7, 11) is 0. The Labute approximate surface area is 156 Å². The van der Waals surface area contributed by atoms with Crippen molar-refractivity contribution in [1.82, 2.24) is 20.3 Å². The lowest BCUT2D eigenvalue weighted by molar-refractivity contribution is 0.379. The molecule has 0 amide bonds. The summed E-state index contributed by atoms with van der Waals surface area (Å²) in [6.07, 6.45) is 0. The summed E-state index contributed by atoms with van der Waals surface area (Å²) < 4.78 is 11.0. The molecule has 0 fully saturated rings. The standard InChI is InChI=1S/C16H11ClN4O2S2/c1-9(14-18-13(21-23-14)12-3-2-8-24-12)25-16-20-19-15(22-16)10-4-6-11(17)7-5-10/h2-9H,1H3. The van der Waals surface area contributed by atoms with Gasteiger partial charge in [-0.05, 0) is 42.6 Å². The zero-order valence-electron chi connectivity index (χ0n) is 12.9. The number of aromatic nitrogens is 4. The van der Waals surface area contributed by atoms with Gasteiger partial charge >= 0.3 is 0 Å². The summed E-state index contributed by atoms with van der Waals surface area (Å²) in [6, 6.07) is 11.1. The van der Waals surface area contributed by atoms with Crippen LogP contribution in [0.5, 0.6) is 0 Å². The third-order valence-electron chi connectivity index (χ3n) is 3.31. The lowest BCUT2D eigenvalue weighted by atomic mass is 10.2. The molecule has 0 N–H and O–H groups in total. The topological polar surface area (TPSA) is 77.8 Å². The van der Waals surface area contributed by atoms with Crippen molar-refractivity contribution in [2.75, 3.05) is 0 Å². The molecule has 0 radical (unpaired) electrons. The van der Waals surface area contributed by atoms with Gasteiger partial charge in [0.1, 0.15) is 0 Å². The Balaban J connectivity index is 1.48. The SMILES string of the molecule is CC(Sc1nnc(-c2ccc(Cl)cc2)o1)c1nc(-c2cccs2)no1. The Bertz CT molecular complexity index is 966. The molecular weight excluding hydrogens is 380 g/mol. The molecule has 6 nitrogen and oxygen atoms in total. The molecule has 4 aromatic rings. The number of halogens is 1. The Morgan fingerprint density at radius 2 is 2.00 bits per heavy atom. The molecule has 0 aliphatic carbocycles. The lowest BCUT2D eigenvalue weighted by Gasteiger charge is -2.00. The van der Waals surface area contributed by atoms with E-state index in [1.807, 2.05) is 36.6 Å². The average Bonchev–Trinajstić information content (AvgIpc) is 3.36. The third kappa shape index (κ3) is 3.60. The minimum absolute atomic E-state index is 0.111. The molecule has 0 aliphatic heterocycles. The van der Waals surface area contributed by atoms with Crippen LogP contribution in [0.1, 0.15) is 18.1 Å². The molecule has 1 aromatic carbocycles. The fourth-order valence-electron chi connectivity index (χ4n) is 2.07. The maximum atomic E-state index is 5.89. The van der Waals surface area contributed by atoms with E-state index >= 15 is 0 Å². The van der Waals surface area contributed by atoms with Crippen molar-refractivity contribution in [3.8, 4) is 22.2 Å². The number of rotatable bonds is 5. The van der Waals surface area contributed by atoms with Crippen LogP contribution in [0.25, 0.3) is 22.2 Å². The normalized spacial score (nSPS) is 12.4. The predicted molar refractivity (Wildman–Crippen MR) is 96.6 cm³/mol. The number of thiophene rings is 1. The van der Waals surface area contributed by atoms with E-state index in [1.165, 1.54) is 11.8 Å². The van der Waals surface area contributed by atoms with Crippen molar-refractivity contribution < 1.29 is 8.94 Å².